The fourth-order valence-electron chi connectivity index (χ4n) is 0.774. The number of terminal acetylenes is 1. The normalized spacial score (nSPS) is 9.50. The molecule has 2 heteroatoms. The molecule has 0 saturated carbocycles. The number of rotatable bonds is 5. The lowest BCUT2D eigenvalue weighted by Gasteiger charge is -2.05. The van der Waals surface area contributed by atoms with Gasteiger partial charge in [-0.2, -0.15) is 0 Å². The van der Waals surface area contributed by atoms with Gasteiger partial charge in [-0.05, 0) is 12.3 Å². The fourth-order valence-corrected chi connectivity index (χ4v) is 0.774. The second kappa shape index (κ2) is 6.72. The molecule has 0 aromatic rings. The summed E-state index contributed by atoms with van der Waals surface area (Å²) in [6.45, 7) is 5.03. The van der Waals surface area contributed by atoms with E-state index in [1.807, 2.05) is 0 Å². The molecule has 0 rings (SSSR count). The summed E-state index contributed by atoms with van der Waals surface area (Å²) in [6.07, 6.45) is 7.04. The first-order valence-corrected chi connectivity index (χ1v) is 4.37. The molecular formula is C10H17NO. The van der Waals surface area contributed by atoms with Crippen LogP contribution in [0.25, 0.3) is 0 Å². The van der Waals surface area contributed by atoms with Gasteiger partial charge in [0.05, 0.1) is 0 Å². The molecule has 1 N–H and O–H groups in total. The highest BCUT2D eigenvalue weighted by Crippen LogP contribution is 1.96. The second-order valence-electron chi connectivity index (χ2n) is 3.24. The van der Waals surface area contributed by atoms with Crippen LogP contribution in [0.3, 0.4) is 0 Å². The molecule has 0 aromatic carbocycles. The first-order chi connectivity index (χ1) is 5.66. The van der Waals surface area contributed by atoms with E-state index in [1.54, 1.807) is 0 Å². The summed E-state index contributed by atoms with van der Waals surface area (Å²) in [5.74, 6) is 3.14. The smallest absolute Gasteiger partial charge is 0.220 e. The molecule has 0 aliphatic carbocycles. The van der Waals surface area contributed by atoms with E-state index in [0.717, 1.165) is 13.0 Å². The Hall–Kier alpha value is -0.970. The van der Waals surface area contributed by atoms with Crippen molar-refractivity contribution in [3.8, 4) is 12.3 Å². The third-order valence-electron chi connectivity index (χ3n) is 1.54. The molecule has 68 valence electrons. The summed E-state index contributed by atoms with van der Waals surface area (Å²) in [6, 6.07) is 0. The number of amides is 1. The van der Waals surface area contributed by atoms with Crippen molar-refractivity contribution in [2.24, 2.45) is 5.92 Å². The lowest BCUT2D eigenvalue weighted by Crippen LogP contribution is -2.24. The first-order valence-electron chi connectivity index (χ1n) is 4.37. The van der Waals surface area contributed by atoms with E-state index < -0.39 is 0 Å². The Morgan fingerprint density at radius 2 is 2.25 bits per heavy atom. The molecule has 12 heavy (non-hydrogen) atoms. The minimum atomic E-state index is 0.0635. The Morgan fingerprint density at radius 3 is 2.75 bits per heavy atom. The zero-order chi connectivity index (χ0) is 9.40. The van der Waals surface area contributed by atoms with Gasteiger partial charge in [0.15, 0.2) is 0 Å². The van der Waals surface area contributed by atoms with Crippen molar-refractivity contribution in [3.63, 3.8) is 0 Å². The van der Waals surface area contributed by atoms with Gasteiger partial charge in [-0.15, -0.1) is 12.3 Å². The lowest BCUT2D eigenvalue weighted by atomic mass is 10.1. The summed E-state index contributed by atoms with van der Waals surface area (Å²) < 4.78 is 0. The second-order valence-corrected chi connectivity index (χ2v) is 3.24. The molecule has 0 aliphatic rings. The molecule has 0 aromatic heterocycles. The Bertz CT molecular complexity index is 167. The molecule has 2 nitrogen and oxygen atoms in total. The molecule has 0 unspecified atom stereocenters. The minimum absolute atomic E-state index is 0.0635. The van der Waals surface area contributed by atoms with Crippen LogP contribution in [0.15, 0.2) is 0 Å². The van der Waals surface area contributed by atoms with Crippen LogP contribution in [0.1, 0.15) is 33.1 Å². The largest absolute Gasteiger partial charge is 0.356 e. The van der Waals surface area contributed by atoms with Crippen molar-refractivity contribution in [1.82, 2.24) is 5.32 Å². The van der Waals surface area contributed by atoms with E-state index in [1.165, 1.54) is 0 Å². The van der Waals surface area contributed by atoms with E-state index in [-0.39, 0.29) is 5.91 Å². The van der Waals surface area contributed by atoms with E-state index in [9.17, 15) is 4.79 Å². The Balaban J connectivity index is 3.27. The fraction of sp³-hybridized carbons (Fsp3) is 0.700. The van der Waals surface area contributed by atoms with Gasteiger partial charge in [0.2, 0.25) is 5.91 Å². The number of carbonyl (C=O) groups is 1. The monoisotopic (exact) mass is 167 g/mol. The van der Waals surface area contributed by atoms with Gasteiger partial charge >= 0.3 is 0 Å². The molecule has 0 saturated heterocycles. The summed E-state index contributed by atoms with van der Waals surface area (Å²) in [5.41, 5.74) is 0. The SMILES string of the molecule is C#CCCC(=O)NCCC(C)C. The zero-order valence-electron chi connectivity index (χ0n) is 7.89. The quantitative estimate of drug-likeness (QED) is 0.619. The first kappa shape index (κ1) is 11.0. The van der Waals surface area contributed by atoms with Gasteiger partial charge in [-0.25, -0.2) is 0 Å². The molecule has 0 heterocycles. The van der Waals surface area contributed by atoms with Crippen molar-refractivity contribution in [1.29, 1.82) is 0 Å². The van der Waals surface area contributed by atoms with Gasteiger partial charge in [0, 0.05) is 19.4 Å². The molecule has 0 aliphatic heterocycles. The highest BCUT2D eigenvalue weighted by atomic mass is 16.1. The van der Waals surface area contributed by atoms with Gasteiger partial charge in [0.25, 0.3) is 0 Å². The summed E-state index contributed by atoms with van der Waals surface area (Å²) in [7, 11) is 0. The average Bonchev–Trinajstić information content (AvgIpc) is 2.00. The highest BCUT2D eigenvalue weighted by molar-refractivity contribution is 5.76. The maximum absolute atomic E-state index is 11.0. The molecule has 0 atom stereocenters. The number of carbonyl (C=O) groups excluding carboxylic acids is 1. The summed E-state index contributed by atoms with van der Waals surface area (Å²) in [4.78, 5) is 11.0. The number of nitrogens with one attached hydrogen (secondary N) is 1. The van der Waals surface area contributed by atoms with Crippen molar-refractivity contribution in [2.75, 3.05) is 6.54 Å². The van der Waals surface area contributed by atoms with Crippen molar-refractivity contribution >= 4 is 5.91 Å². The molecule has 1 amide bonds. The van der Waals surface area contributed by atoms with E-state index in [4.69, 9.17) is 6.42 Å². The molecule has 0 bridgehead atoms. The third kappa shape index (κ3) is 7.14. The predicted molar refractivity (Wildman–Crippen MR) is 50.5 cm³/mol. The van der Waals surface area contributed by atoms with Crippen LogP contribution in [-0.4, -0.2) is 12.5 Å². The third-order valence-corrected chi connectivity index (χ3v) is 1.54. The van der Waals surface area contributed by atoms with Gasteiger partial charge in [-0.1, -0.05) is 13.8 Å². The Labute approximate surface area is 74.7 Å². The van der Waals surface area contributed by atoms with Crippen molar-refractivity contribution in [2.45, 2.75) is 33.1 Å². The van der Waals surface area contributed by atoms with Gasteiger partial charge in [0.1, 0.15) is 0 Å². The number of hydrogen-bond acceptors (Lipinski definition) is 1. The topological polar surface area (TPSA) is 29.1 Å². The van der Waals surface area contributed by atoms with Crippen LogP contribution in [0.2, 0.25) is 0 Å². The molecular weight excluding hydrogens is 150 g/mol. The van der Waals surface area contributed by atoms with Crippen LogP contribution in [0.4, 0.5) is 0 Å². The summed E-state index contributed by atoms with van der Waals surface area (Å²) in [5, 5.41) is 2.81. The average molecular weight is 167 g/mol. The Kier molecular flexibility index (Phi) is 6.18. The highest BCUT2D eigenvalue weighted by Gasteiger charge is 1.99. The van der Waals surface area contributed by atoms with Crippen molar-refractivity contribution in [3.05, 3.63) is 0 Å². The Morgan fingerprint density at radius 1 is 1.58 bits per heavy atom. The van der Waals surface area contributed by atoms with Crippen LogP contribution < -0.4 is 5.32 Å². The predicted octanol–water partition coefficient (Wildman–Crippen LogP) is 1.56. The van der Waals surface area contributed by atoms with Crippen LogP contribution in [0, 0.1) is 18.3 Å². The molecule has 0 fully saturated rings. The summed E-state index contributed by atoms with van der Waals surface area (Å²) >= 11 is 0. The van der Waals surface area contributed by atoms with Crippen molar-refractivity contribution < 1.29 is 4.79 Å². The molecule has 0 spiro atoms. The maximum atomic E-state index is 11.0. The zero-order valence-corrected chi connectivity index (χ0v) is 7.89. The van der Waals surface area contributed by atoms with Gasteiger partial charge in [-0.3, -0.25) is 4.79 Å². The molecule has 0 radical (unpaired) electrons. The maximum Gasteiger partial charge on any atom is 0.220 e. The van der Waals surface area contributed by atoms with E-state index in [0.29, 0.717) is 18.8 Å². The number of hydrogen-bond donors (Lipinski definition) is 1. The van der Waals surface area contributed by atoms with E-state index >= 15 is 0 Å². The van der Waals surface area contributed by atoms with Gasteiger partial charge < -0.3 is 5.32 Å². The minimum Gasteiger partial charge on any atom is -0.356 e. The van der Waals surface area contributed by atoms with E-state index in [2.05, 4.69) is 25.1 Å². The van der Waals surface area contributed by atoms with Crippen LogP contribution in [-0.2, 0) is 4.79 Å². The van der Waals surface area contributed by atoms with Crippen LogP contribution in [0.5, 0.6) is 0 Å². The standard InChI is InChI=1S/C10H17NO/c1-4-5-6-10(12)11-8-7-9(2)3/h1,9H,5-8H2,2-3H3,(H,11,12). The van der Waals surface area contributed by atoms with Crippen LogP contribution >= 0.6 is 0 Å². The lowest BCUT2D eigenvalue weighted by molar-refractivity contribution is -0.121.